The Hall–Kier alpha value is -1.56. The van der Waals surface area contributed by atoms with E-state index < -0.39 is 0 Å². The first kappa shape index (κ1) is 25.4. The smallest absolute Gasteiger partial charge is 0.00633 e. The molecular formula is C22H38. The third kappa shape index (κ3) is 12.2. The van der Waals surface area contributed by atoms with Gasteiger partial charge >= 0.3 is 0 Å². The molecule has 0 aliphatic carbocycles. The lowest BCUT2D eigenvalue weighted by Gasteiger charge is -2.27. The average molecular weight is 303 g/mol. The highest BCUT2D eigenvalue weighted by molar-refractivity contribution is 5.33. The van der Waals surface area contributed by atoms with Crippen molar-refractivity contribution in [3.63, 3.8) is 0 Å². The van der Waals surface area contributed by atoms with E-state index >= 15 is 0 Å². The molecule has 0 heterocycles. The van der Waals surface area contributed by atoms with E-state index in [-0.39, 0.29) is 5.41 Å². The summed E-state index contributed by atoms with van der Waals surface area (Å²) in [5.74, 6) is 0. The van der Waals surface area contributed by atoms with Crippen LogP contribution in [0.15, 0.2) is 72.9 Å². The van der Waals surface area contributed by atoms with Crippen molar-refractivity contribution in [3.8, 4) is 0 Å². The molecule has 0 N–H and O–H groups in total. The van der Waals surface area contributed by atoms with Gasteiger partial charge < -0.3 is 0 Å². The highest BCUT2D eigenvalue weighted by Crippen LogP contribution is 2.34. The lowest BCUT2D eigenvalue weighted by atomic mass is 9.78. The fourth-order valence-electron chi connectivity index (χ4n) is 1.84. The van der Waals surface area contributed by atoms with E-state index in [1.807, 2.05) is 59.8 Å². The van der Waals surface area contributed by atoms with Crippen molar-refractivity contribution in [2.45, 2.75) is 61.8 Å². The maximum absolute atomic E-state index is 3.89. The van der Waals surface area contributed by atoms with E-state index in [1.165, 1.54) is 11.1 Å². The Balaban J connectivity index is -0.000000826. The number of rotatable bonds is 7. The lowest BCUT2D eigenvalue weighted by Crippen LogP contribution is -2.14. The van der Waals surface area contributed by atoms with Crippen LogP contribution in [0.3, 0.4) is 0 Å². The summed E-state index contributed by atoms with van der Waals surface area (Å²) in [5.41, 5.74) is 2.60. The lowest BCUT2D eigenvalue weighted by molar-refractivity contribution is 0.456. The Labute approximate surface area is 140 Å². The van der Waals surface area contributed by atoms with Crippen LogP contribution in [0.4, 0.5) is 0 Å². The molecule has 0 fully saturated rings. The molecule has 0 aromatic rings. The van der Waals surface area contributed by atoms with Gasteiger partial charge in [0.15, 0.2) is 0 Å². The molecule has 0 spiro atoms. The summed E-state index contributed by atoms with van der Waals surface area (Å²) in [4.78, 5) is 0. The Bertz CT molecular complexity index is 384. The van der Waals surface area contributed by atoms with Gasteiger partial charge in [0.2, 0.25) is 0 Å². The Morgan fingerprint density at radius 2 is 1.45 bits per heavy atom. The molecule has 0 aliphatic rings. The van der Waals surface area contributed by atoms with Gasteiger partial charge in [-0.2, -0.15) is 0 Å². The molecule has 0 aromatic carbocycles. The third-order valence-electron chi connectivity index (χ3n) is 2.84. The normalized spacial score (nSPS) is 12.4. The van der Waals surface area contributed by atoms with E-state index in [9.17, 15) is 0 Å². The van der Waals surface area contributed by atoms with Gasteiger partial charge in [0.05, 0.1) is 0 Å². The summed E-state index contributed by atoms with van der Waals surface area (Å²) < 4.78 is 0. The molecule has 0 saturated carbocycles. The summed E-state index contributed by atoms with van der Waals surface area (Å²) in [6.45, 7) is 24.2. The first-order valence-electron chi connectivity index (χ1n) is 8.42. The molecule has 0 amide bonds. The Morgan fingerprint density at radius 1 is 0.909 bits per heavy atom. The Kier molecular flexibility index (Phi) is 20.2. The van der Waals surface area contributed by atoms with Crippen molar-refractivity contribution < 1.29 is 0 Å². The average Bonchev–Trinajstić information content (AvgIpc) is 2.55. The molecular weight excluding hydrogens is 264 g/mol. The second-order valence-corrected chi connectivity index (χ2v) is 4.89. The molecule has 0 heteroatoms. The molecule has 0 bridgehead atoms. The van der Waals surface area contributed by atoms with Crippen LogP contribution in [0, 0.1) is 5.41 Å². The van der Waals surface area contributed by atoms with Gasteiger partial charge in [0, 0.05) is 0 Å². The van der Waals surface area contributed by atoms with E-state index in [4.69, 9.17) is 0 Å². The molecule has 22 heavy (non-hydrogen) atoms. The van der Waals surface area contributed by atoms with Crippen LogP contribution < -0.4 is 0 Å². The monoisotopic (exact) mass is 302 g/mol. The predicted octanol–water partition coefficient (Wildman–Crippen LogP) is 7.83. The fraction of sp³-hybridized carbons (Fsp3) is 0.455. The molecule has 0 radical (unpaired) electrons. The van der Waals surface area contributed by atoms with Gasteiger partial charge in [-0.3, -0.25) is 0 Å². The molecule has 0 saturated heterocycles. The van der Waals surface area contributed by atoms with Crippen LogP contribution >= 0.6 is 0 Å². The van der Waals surface area contributed by atoms with Gasteiger partial charge in [-0.1, -0.05) is 103 Å². The molecule has 0 aromatic heterocycles. The van der Waals surface area contributed by atoms with Crippen molar-refractivity contribution in [2.24, 2.45) is 5.41 Å². The van der Waals surface area contributed by atoms with Gasteiger partial charge in [-0.25, -0.2) is 0 Å². The second-order valence-electron chi connectivity index (χ2n) is 4.89. The second kappa shape index (κ2) is 17.5. The standard InChI is InChI=1S/C18H26.2C2H6/c1-7-11-14-16(10-4)15-18(5,6)17(12-8-2)13-9-3;2*1-2/h7-14H,2,4,15H2,1,3,5-6H3;2*1-2H3/b11-7-,13-9-,16-14+,17-12+;;. The van der Waals surface area contributed by atoms with Crippen LogP contribution in [0.25, 0.3) is 0 Å². The fourth-order valence-corrected chi connectivity index (χ4v) is 1.84. The van der Waals surface area contributed by atoms with Gasteiger partial charge in [0.1, 0.15) is 0 Å². The van der Waals surface area contributed by atoms with E-state index in [0.717, 1.165) is 6.42 Å². The minimum atomic E-state index is 0.0717. The topological polar surface area (TPSA) is 0 Å². The summed E-state index contributed by atoms with van der Waals surface area (Å²) >= 11 is 0. The molecule has 0 nitrogen and oxygen atoms in total. The van der Waals surface area contributed by atoms with Crippen LogP contribution in [-0.4, -0.2) is 0 Å². The van der Waals surface area contributed by atoms with Crippen LogP contribution in [-0.2, 0) is 0 Å². The first-order chi connectivity index (χ1) is 10.5. The zero-order valence-electron chi connectivity index (χ0n) is 16.2. The SMILES string of the molecule is C=C/C=C(\C=C/C)C(C)(C)C/C(C=C)=C/C=C\C.CC.CC. The van der Waals surface area contributed by atoms with Gasteiger partial charge in [0.25, 0.3) is 0 Å². The third-order valence-corrected chi connectivity index (χ3v) is 2.84. The maximum atomic E-state index is 3.89. The Morgan fingerprint density at radius 3 is 1.82 bits per heavy atom. The summed E-state index contributed by atoms with van der Waals surface area (Å²) in [5, 5.41) is 0. The van der Waals surface area contributed by atoms with Crippen molar-refractivity contribution in [3.05, 3.63) is 72.9 Å². The minimum absolute atomic E-state index is 0.0717. The largest absolute Gasteiger partial charge is 0.0991 e. The van der Waals surface area contributed by atoms with E-state index in [0.29, 0.717) is 0 Å². The van der Waals surface area contributed by atoms with Crippen molar-refractivity contribution >= 4 is 0 Å². The molecule has 0 atom stereocenters. The minimum Gasteiger partial charge on any atom is -0.0991 e. The first-order valence-corrected chi connectivity index (χ1v) is 8.42. The summed E-state index contributed by atoms with van der Waals surface area (Å²) in [6.07, 6.45) is 17.3. The van der Waals surface area contributed by atoms with Crippen molar-refractivity contribution in [1.82, 2.24) is 0 Å². The number of allylic oxidation sites excluding steroid dienone is 10. The predicted molar refractivity (Wildman–Crippen MR) is 107 cm³/mol. The zero-order chi connectivity index (χ0) is 18.0. The maximum Gasteiger partial charge on any atom is -0.00633 e. The highest BCUT2D eigenvalue weighted by atomic mass is 14.3. The summed E-state index contributed by atoms with van der Waals surface area (Å²) in [6, 6.07) is 0. The van der Waals surface area contributed by atoms with Gasteiger partial charge in [-0.15, -0.1) is 0 Å². The highest BCUT2D eigenvalue weighted by Gasteiger charge is 2.21. The number of hydrogen-bond acceptors (Lipinski definition) is 0. The van der Waals surface area contributed by atoms with Crippen molar-refractivity contribution in [1.29, 1.82) is 0 Å². The zero-order valence-corrected chi connectivity index (χ0v) is 16.2. The van der Waals surface area contributed by atoms with Gasteiger partial charge in [-0.05, 0) is 36.8 Å². The molecule has 0 aliphatic heterocycles. The summed E-state index contributed by atoms with van der Waals surface area (Å²) in [7, 11) is 0. The van der Waals surface area contributed by atoms with Crippen LogP contribution in [0.5, 0.6) is 0 Å². The quantitative estimate of drug-likeness (QED) is 0.420. The van der Waals surface area contributed by atoms with Crippen LogP contribution in [0.1, 0.15) is 61.8 Å². The van der Waals surface area contributed by atoms with Crippen LogP contribution in [0.2, 0.25) is 0 Å². The van der Waals surface area contributed by atoms with E-state index in [1.54, 1.807) is 0 Å². The van der Waals surface area contributed by atoms with E-state index in [2.05, 4.69) is 57.4 Å². The number of hydrogen-bond donors (Lipinski definition) is 0. The molecule has 0 unspecified atom stereocenters. The molecule has 126 valence electrons. The molecule has 0 rings (SSSR count). The van der Waals surface area contributed by atoms with Crippen molar-refractivity contribution in [2.75, 3.05) is 0 Å².